The molecule has 1 unspecified atom stereocenters. The van der Waals surface area contributed by atoms with E-state index in [1.54, 1.807) is 4.90 Å². The van der Waals surface area contributed by atoms with Gasteiger partial charge in [-0.2, -0.15) is 0 Å². The van der Waals surface area contributed by atoms with Crippen LogP contribution in [0.2, 0.25) is 0 Å². The van der Waals surface area contributed by atoms with Gasteiger partial charge in [0.1, 0.15) is 9.84 Å². The van der Waals surface area contributed by atoms with Crippen molar-refractivity contribution < 1.29 is 18.3 Å². The first-order chi connectivity index (χ1) is 7.85. The minimum absolute atomic E-state index is 0.0649. The third kappa shape index (κ3) is 4.25. The fraction of sp³-hybridized carbons (Fsp3) is 0.900. The third-order valence-electron chi connectivity index (χ3n) is 2.99. The van der Waals surface area contributed by atoms with Crippen LogP contribution in [0.5, 0.6) is 0 Å². The number of sulfone groups is 1. The summed E-state index contributed by atoms with van der Waals surface area (Å²) in [5, 5.41) is 9.10. The molecule has 1 rings (SSSR count). The molecule has 0 radical (unpaired) electrons. The fourth-order valence-corrected chi connectivity index (χ4v) is 2.68. The van der Waals surface area contributed by atoms with Gasteiger partial charge in [-0.15, -0.1) is 0 Å². The lowest BCUT2D eigenvalue weighted by Gasteiger charge is -2.26. The number of carbonyl (C=O) groups is 1. The summed E-state index contributed by atoms with van der Waals surface area (Å²) in [4.78, 5) is 13.5. The van der Waals surface area contributed by atoms with Crippen LogP contribution in [0.1, 0.15) is 19.3 Å². The SMILES string of the molecule is CS(=O)(=O)CCC(N)C(=O)N1CCC[C@H]1CO. The molecule has 7 heteroatoms. The number of carbonyl (C=O) groups excluding carboxylic acids is 1. The molecular weight excluding hydrogens is 244 g/mol. The predicted molar refractivity (Wildman–Crippen MR) is 64.1 cm³/mol. The molecule has 6 nitrogen and oxygen atoms in total. The van der Waals surface area contributed by atoms with E-state index in [1.807, 2.05) is 0 Å². The third-order valence-corrected chi connectivity index (χ3v) is 3.97. The summed E-state index contributed by atoms with van der Waals surface area (Å²) in [7, 11) is -3.10. The van der Waals surface area contributed by atoms with Gasteiger partial charge < -0.3 is 15.7 Å². The molecule has 2 atom stereocenters. The van der Waals surface area contributed by atoms with E-state index in [9.17, 15) is 13.2 Å². The van der Waals surface area contributed by atoms with Gasteiger partial charge in [-0.05, 0) is 19.3 Å². The monoisotopic (exact) mass is 264 g/mol. The summed E-state index contributed by atoms with van der Waals surface area (Å²) in [5.41, 5.74) is 5.68. The van der Waals surface area contributed by atoms with Gasteiger partial charge in [0.05, 0.1) is 24.4 Å². The van der Waals surface area contributed by atoms with Crippen LogP contribution in [0.15, 0.2) is 0 Å². The molecule has 0 aliphatic carbocycles. The van der Waals surface area contributed by atoms with Crippen molar-refractivity contribution in [3.8, 4) is 0 Å². The Balaban J connectivity index is 2.51. The summed E-state index contributed by atoms with van der Waals surface area (Å²) in [6.45, 7) is 0.529. The minimum Gasteiger partial charge on any atom is -0.394 e. The zero-order valence-electron chi connectivity index (χ0n) is 10.0. The Hall–Kier alpha value is -0.660. The molecule has 0 spiro atoms. The maximum absolute atomic E-state index is 11.9. The second-order valence-electron chi connectivity index (χ2n) is 4.54. The van der Waals surface area contributed by atoms with Crippen molar-refractivity contribution in [2.75, 3.05) is 25.2 Å². The average Bonchev–Trinajstić information content (AvgIpc) is 2.71. The van der Waals surface area contributed by atoms with Gasteiger partial charge in [0.25, 0.3) is 0 Å². The molecule has 1 amide bonds. The van der Waals surface area contributed by atoms with E-state index in [1.165, 1.54) is 0 Å². The average molecular weight is 264 g/mol. The number of rotatable bonds is 5. The van der Waals surface area contributed by atoms with Crippen molar-refractivity contribution in [3.05, 3.63) is 0 Å². The molecule has 17 heavy (non-hydrogen) atoms. The van der Waals surface area contributed by atoms with Crippen molar-refractivity contribution in [1.82, 2.24) is 4.90 Å². The number of hydrogen-bond acceptors (Lipinski definition) is 5. The number of nitrogens with two attached hydrogens (primary N) is 1. The molecule has 0 aromatic rings. The maximum atomic E-state index is 11.9. The minimum atomic E-state index is -3.10. The molecule has 0 bridgehead atoms. The van der Waals surface area contributed by atoms with Crippen molar-refractivity contribution in [1.29, 1.82) is 0 Å². The summed E-state index contributed by atoms with van der Waals surface area (Å²) in [6.07, 6.45) is 2.89. The molecule has 0 aromatic carbocycles. The van der Waals surface area contributed by atoms with Crippen molar-refractivity contribution >= 4 is 15.7 Å². The standard InChI is InChI=1S/C10H20N2O4S/c1-17(15,16)6-4-9(11)10(14)12-5-2-3-8(12)7-13/h8-9,13H,2-7,11H2,1H3/t8-,9?/m0/s1. The van der Waals surface area contributed by atoms with Gasteiger partial charge in [-0.1, -0.05) is 0 Å². The summed E-state index contributed by atoms with van der Waals surface area (Å²) < 4.78 is 22.0. The van der Waals surface area contributed by atoms with Gasteiger partial charge in [0.15, 0.2) is 0 Å². The maximum Gasteiger partial charge on any atom is 0.239 e. The largest absolute Gasteiger partial charge is 0.394 e. The first-order valence-corrected chi connectivity index (χ1v) is 7.76. The Labute approximate surface area is 102 Å². The van der Waals surface area contributed by atoms with E-state index in [2.05, 4.69) is 0 Å². The Morgan fingerprint density at radius 2 is 2.24 bits per heavy atom. The highest BCUT2D eigenvalue weighted by atomic mass is 32.2. The van der Waals surface area contributed by atoms with Crippen LogP contribution < -0.4 is 5.73 Å². The van der Waals surface area contributed by atoms with E-state index in [0.29, 0.717) is 6.54 Å². The number of aliphatic hydroxyl groups is 1. The first kappa shape index (κ1) is 14.4. The van der Waals surface area contributed by atoms with E-state index in [4.69, 9.17) is 10.8 Å². The second kappa shape index (κ2) is 5.79. The van der Waals surface area contributed by atoms with E-state index in [0.717, 1.165) is 19.1 Å². The Morgan fingerprint density at radius 1 is 1.59 bits per heavy atom. The molecule has 100 valence electrons. The molecule has 3 N–H and O–H groups in total. The van der Waals surface area contributed by atoms with E-state index < -0.39 is 15.9 Å². The quantitative estimate of drug-likeness (QED) is 0.645. The van der Waals surface area contributed by atoms with Crippen LogP contribution in [0, 0.1) is 0 Å². The summed E-state index contributed by atoms with van der Waals surface area (Å²) in [6, 6.07) is -0.955. The van der Waals surface area contributed by atoms with Crippen LogP contribution in [0.4, 0.5) is 0 Å². The van der Waals surface area contributed by atoms with Crippen LogP contribution in [0.25, 0.3) is 0 Å². The van der Waals surface area contributed by atoms with Crippen molar-refractivity contribution in [2.24, 2.45) is 5.73 Å². The number of amides is 1. The highest BCUT2D eigenvalue weighted by Gasteiger charge is 2.31. The number of likely N-dealkylation sites (tertiary alicyclic amines) is 1. The van der Waals surface area contributed by atoms with Crippen LogP contribution >= 0.6 is 0 Å². The highest BCUT2D eigenvalue weighted by molar-refractivity contribution is 7.90. The zero-order chi connectivity index (χ0) is 13.1. The Kier molecular flexibility index (Phi) is 4.91. The lowest BCUT2D eigenvalue weighted by atomic mass is 10.2. The zero-order valence-corrected chi connectivity index (χ0v) is 10.8. The molecule has 0 aromatic heterocycles. The summed E-state index contributed by atoms with van der Waals surface area (Å²) in [5.74, 6) is -0.345. The van der Waals surface area contributed by atoms with Crippen molar-refractivity contribution in [2.45, 2.75) is 31.3 Å². The lowest BCUT2D eigenvalue weighted by Crippen LogP contribution is -2.47. The molecule has 1 fully saturated rings. The highest BCUT2D eigenvalue weighted by Crippen LogP contribution is 2.17. The smallest absolute Gasteiger partial charge is 0.239 e. The molecule has 1 aliphatic rings. The van der Waals surface area contributed by atoms with Gasteiger partial charge in [0, 0.05) is 12.8 Å². The topological polar surface area (TPSA) is 101 Å². The van der Waals surface area contributed by atoms with Gasteiger partial charge >= 0.3 is 0 Å². The fourth-order valence-electron chi connectivity index (χ4n) is 1.99. The molecule has 1 aliphatic heterocycles. The normalized spacial score (nSPS) is 22.8. The number of nitrogens with zero attached hydrogens (tertiary/aromatic N) is 1. The molecular formula is C10H20N2O4S. The van der Waals surface area contributed by atoms with Gasteiger partial charge in [-0.3, -0.25) is 4.79 Å². The van der Waals surface area contributed by atoms with Gasteiger partial charge in [-0.25, -0.2) is 8.42 Å². The predicted octanol–water partition coefficient (Wildman–Crippen LogP) is -1.27. The first-order valence-electron chi connectivity index (χ1n) is 5.70. The van der Waals surface area contributed by atoms with Gasteiger partial charge in [0.2, 0.25) is 5.91 Å². The van der Waals surface area contributed by atoms with E-state index >= 15 is 0 Å². The Bertz CT molecular complexity index is 369. The van der Waals surface area contributed by atoms with Crippen LogP contribution in [0.3, 0.4) is 0 Å². The molecule has 1 heterocycles. The van der Waals surface area contributed by atoms with Crippen LogP contribution in [-0.4, -0.2) is 61.6 Å². The number of hydrogen-bond donors (Lipinski definition) is 2. The second-order valence-corrected chi connectivity index (χ2v) is 6.80. The summed E-state index contributed by atoms with van der Waals surface area (Å²) >= 11 is 0. The molecule has 1 saturated heterocycles. The Morgan fingerprint density at radius 3 is 2.76 bits per heavy atom. The van der Waals surface area contributed by atoms with Crippen LogP contribution in [-0.2, 0) is 14.6 Å². The van der Waals surface area contributed by atoms with Crippen molar-refractivity contribution in [3.63, 3.8) is 0 Å². The van der Waals surface area contributed by atoms with E-state index in [-0.39, 0.29) is 30.7 Å². The lowest BCUT2D eigenvalue weighted by molar-refractivity contribution is -0.134. The number of aliphatic hydroxyl groups excluding tert-OH is 1. The molecule has 0 saturated carbocycles.